The number of fused-ring (bicyclic) bond motifs is 1. The second kappa shape index (κ2) is 4.45. The molecule has 1 aliphatic heterocycles. The van der Waals surface area contributed by atoms with Gasteiger partial charge < -0.3 is 10.1 Å². The van der Waals surface area contributed by atoms with Crippen molar-refractivity contribution in [3.8, 4) is 5.75 Å². The minimum Gasteiger partial charge on any atom is -0.478 e. The molecule has 3 nitrogen and oxygen atoms in total. The zero-order valence-corrected chi connectivity index (χ0v) is 10.9. The van der Waals surface area contributed by atoms with Crippen molar-refractivity contribution in [2.75, 3.05) is 5.32 Å². The number of hydrogen-bond acceptors (Lipinski definition) is 2. The number of amides is 1. The van der Waals surface area contributed by atoms with Crippen LogP contribution in [0.5, 0.6) is 5.75 Å². The van der Waals surface area contributed by atoms with Gasteiger partial charge in [-0.1, -0.05) is 13.3 Å². The van der Waals surface area contributed by atoms with Crippen LogP contribution in [-0.4, -0.2) is 12.0 Å². The summed E-state index contributed by atoms with van der Waals surface area (Å²) in [4.78, 5) is 11.5. The molecule has 2 rings (SSSR count). The molecule has 0 aliphatic carbocycles. The molecule has 0 saturated carbocycles. The van der Waals surface area contributed by atoms with E-state index in [9.17, 15) is 4.79 Å². The Balaban J connectivity index is 2.40. The highest BCUT2D eigenvalue weighted by Crippen LogP contribution is 2.38. The van der Waals surface area contributed by atoms with E-state index in [4.69, 9.17) is 4.74 Å². The molecule has 0 spiro atoms. The zero-order valence-electron chi connectivity index (χ0n) is 9.34. The van der Waals surface area contributed by atoms with Gasteiger partial charge in [0.1, 0.15) is 0 Å². The highest BCUT2D eigenvalue weighted by molar-refractivity contribution is 9.10. The second-order valence-electron chi connectivity index (χ2n) is 3.95. The van der Waals surface area contributed by atoms with E-state index in [1.165, 1.54) is 5.56 Å². The molecule has 1 heterocycles. The third kappa shape index (κ3) is 2.07. The number of nitrogens with one attached hydrogen (secondary N) is 1. The number of anilines is 1. The smallest absolute Gasteiger partial charge is 0.265 e. The Morgan fingerprint density at radius 1 is 1.50 bits per heavy atom. The third-order valence-corrected chi connectivity index (χ3v) is 3.15. The number of rotatable bonds is 2. The van der Waals surface area contributed by atoms with E-state index < -0.39 is 6.10 Å². The van der Waals surface area contributed by atoms with Crippen molar-refractivity contribution in [1.29, 1.82) is 0 Å². The number of aryl methyl sites for hydroxylation is 1. The highest BCUT2D eigenvalue weighted by atomic mass is 79.9. The summed E-state index contributed by atoms with van der Waals surface area (Å²) in [5.41, 5.74) is 1.97. The lowest BCUT2D eigenvalue weighted by molar-refractivity contribution is -0.122. The minimum absolute atomic E-state index is 0.0898. The average molecular weight is 284 g/mol. The molecule has 16 heavy (non-hydrogen) atoms. The predicted octanol–water partition coefficient (Wildman–Crippen LogP) is 3.12. The number of carbonyl (C=O) groups is 1. The quantitative estimate of drug-likeness (QED) is 0.906. The summed E-state index contributed by atoms with van der Waals surface area (Å²) < 4.78 is 6.45. The summed E-state index contributed by atoms with van der Waals surface area (Å²) in [6, 6.07) is 4.03. The van der Waals surface area contributed by atoms with Gasteiger partial charge in [-0.15, -0.1) is 0 Å². The maximum atomic E-state index is 11.5. The second-order valence-corrected chi connectivity index (χ2v) is 4.81. The standard InChI is InChI=1S/C12H14BrNO2/c1-3-4-8-5-9(13)11-10(6-8)14-12(15)7(2)16-11/h5-7H,3-4H2,1-2H3,(H,14,15). The van der Waals surface area contributed by atoms with Crippen LogP contribution in [0.1, 0.15) is 25.8 Å². The number of halogens is 1. The zero-order chi connectivity index (χ0) is 11.7. The molecule has 0 saturated heterocycles. The van der Waals surface area contributed by atoms with Crippen LogP contribution in [0, 0.1) is 0 Å². The number of benzene rings is 1. The Morgan fingerprint density at radius 2 is 2.25 bits per heavy atom. The van der Waals surface area contributed by atoms with Gasteiger partial charge in [0, 0.05) is 0 Å². The van der Waals surface area contributed by atoms with Crippen molar-refractivity contribution in [2.45, 2.75) is 32.8 Å². The summed E-state index contributed by atoms with van der Waals surface area (Å²) in [6.07, 6.45) is 1.65. The lowest BCUT2D eigenvalue weighted by atomic mass is 10.1. The van der Waals surface area contributed by atoms with E-state index in [0.29, 0.717) is 0 Å². The Kier molecular flexibility index (Phi) is 3.19. The molecule has 0 bridgehead atoms. The van der Waals surface area contributed by atoms with E-state index in [1.807, 2.05) is 12.1 Å². The van der Waals surface area contributed by atoms with Crippen LogP contribution in [-0.2, 0) is 11.2 Å². The first-order chi connectivity index (χ1) is 7.61. The fourth-order valence-corrected chi connectivity index (χ4v) is 2.36. The number of carbonyl (C=O) groups excluding carboxylic acids is 1. The van der Waals surface area contributed by atoms with Crippen LogP contribution in [0.2, 0.25) is 0 Å². The van der Waals surface area contributed by atoms with Gasteiger partial charge in [-0.05, 0) is 47.0 Å². The summed E-state index contributed by atoms with van der Waals surface area (Å²) in [6.45, 7) is 3.87. The van der Waals surface area contributed by atoms with E-state index in [1.54, 1.807) is 6.92 Å². The van der Waals surface area contributed by atoms with Gasteiger partial charge in [-0.2, -0.15) is 0 Å². The Morgan fingerprint density at radius 3 is 2.94 bits per heavy atom. The molecule has 1 aromatic carbocycles. The SMILES string of the molecule is CCCc1cc(Br)c2c(c1)NC(=O)C(C)O2. The van der Waals surface area contributed by atoms with Crippen LogP contribution in [0.3, 0.4) is 0 Å². The lowest BCUT2D eigenvalue weighted by Gasteiger charge is -2.24. The van der Waals surface area contributed by atoms with Gasteiger partial charge in [0.05, 0.1) is 10.2 Å². The first-order valence-corrected chi connectivity index (χ1v) is 6.21. The predicted molar refractivity (Wildman–Crippen MR) is 66.9 cm³/mol. The first-order valence-electron chi connectivity index (χ1n) is 5.41. The molecule has 1 aromatic rings. The Hall–Kier alpha value is -1.03. The molecule has 1 unspecified atom stereocenters. The van der Waals surface area contributed by atoms with Crippen LogP contribution in [0.4, 0.5) is 5.69 Å². The fourth-order valence-electron chi connectivity index (χ4n) is 1.76. The fraction of sp³-hybridized carbons (Fsp3) is 0.417. The van der Waals surface area contributed by atoms with Gasteiger partial charge >= 0.3 is 0 Å². The van der Waals surface area contributed by atoms with Crippen LogP contribution in [0.25, 0.3) is 0 Å². The van der Waals surface area contributed by atoms with Gasteiger partial charge in [-0.3, -0.25) is 4.79 Å². The number of ether oxygens (including phenoxy) is 1. The van der Waals surface area contributed by atoms with Crippen molar-refractivity contribution < 1.29 is 9.53 Å². The van der Waals surface area contributed by atoms with Crippen molar-refractivity contribution >= 4 is 27.5 Å². The number of hydrogen-bond donors (Lipinski definition) is 1. The molecule has 0 aromatic heterocycles. The molecule has 1 amide bonds. The molecule has 4 heteroatoms. The maximum Gasteiger partial charge on any atom is 0.265 e. The van der Waals surface area contributed by atoms with Crippen molar-refractivity contribution in [1.82, 2.24) is 0 Å². The van der Waals surface area contributed by atoms with Gasteiger partial charge in [-0.25, -0.2) is 0 Å². The van der Waals surface area contributed by atoms with E-state index in [-0.39, 0.29) is 5.91 Å². The highest BCUT2D eigenvalue weighted by Gasteiger charge is 2.25. The maximum absolute atomic E-state index is 11.5. The van der Waals surface area contributed by atoms with Crippen LogP contribution >= 0.6 is 15.9 Å². The first kappa shape index (κ1) is 11.5. The average Bonchev–Trinajstić information content (AvgIpc) is 2.22. The molecular formula is C12H14BrNO2. The van der Waals surface area contributed by atoms with Crippen LogP contribution in [0.15, 0.2) is 16.6 Å². The van der Waals surface area contributed by atoms with Gasteiger partial charge in [0.25, 0.3) is 5.91 Å². The molecule has 1 aliphatic rings. The molecular weight excluding hydrogens is 270 g/mol. The van der Waals surface area contributed by atoms with Gasteiger partial charge in [0.2, 0.25) is 0 Å². The summed E-state index contributed by atoms with van der Waals surface area (Å²) in [5, 5.41) is 2.86. The molecule has 0 fully saturated rings. The minimum atomic E-state index is -0.430. The molecule has 1 atom stereocenters. The van der Waals surface area contributed by atoms with E-state index in [2.05, 4.69) is 28.2 Å². The molecule has 86 valence electrons. The molecule has 1 N–H and O–H groups in total. The molecule has 0 radical (unpaired) electrons. The van der Waals surface area contributed by atoms with Crippen molar-refractivity contribution in [3.05, 3.63) is 22.2 Å². The summed E-state index contributed by atoms with van der Waals surface area (Å²) in [5.74, 6) is 0.639. The van der Waals surface area contributed by atoms with Gasteiger partial charge in [0.15, 0.2) is 11.9 Å². The normalized spacial score (nSPS) is 18.7. The van der Waals surface area contributed by atoms with E-state index in [0.717, 1.165) is 28.8 Å². The van der Waals surface area contributed by atoms with Crippen LogP contribution < -0.4 is 10.1 Å². The third-order valence-electron chi connectivity index (χ3n) is 2.56. The van der Waals surface area contributed by atoms with E-state index >= 15 is 0 Å². The van der Waals surface area contributed by atoms with Crippen molar-refractivity contribution in [3.63, 3.8) is 0 Å². The van der Waals surface area contributed by atoms with Crippen molar-refractivity contribution in [2.24, 2.45) is 0 Å². The Labute approximate surface area is 103 Å². The summed E-state index contributed by atoms with van der Waals surface area (Å²) in [7, 11) is 0. The largest absolute Gasteiger partial charge is 0.478 e. The topological polar surface area (TPSA) is 38.3 Å². The lowest BCUT2D eigenvalue weighted by Crippen LogP contribution is -2.34. The Bertz CT molecular complexity index is 431. The summed E-state index contributed by atoms with van der Waals surface area (Å²) >= 11 is 3.47. The monoisotopic (exact) mass is 283 g/mol.